The minimum Gasteiger partial charge on any atom is -0.347 e. The van der Waals surface area contributed by atoms with Crippen LogP contribution in [-0.2, 0) is 9.47 Å². The Bertz CT molecular complexity index is 423. The summed E-state index contributed by atoms with van der Waals surface area (Å²) in [5.74, 6) is -0.335. The van der Waals surface area contributed by atoms with Crippen molar-refractivity contribution in [2.75, 3.05) is 19.8 Å². The molecular formula is C15H22N2O2S. The van der Waals surface area contributed by atoms with Crippen LogP contribution in [0.1, 0.15) is 26.2 Å². The zero-order valence-corrected chi connectivity index (χ0v) is 12.7. The molecular weight excluding hydrogens is 272 g/mol. The first-order valence-corrected chi connectivity index (χ1v) is 8.28. The third kappa shape index (κ3) is 3.17. The van der Waals surface area contributed by atoms with Gasteiger partial charge in [-0.05, 0) is 25.1 Å². The third-order valence-electron chi connectivity index (χ3n) is 3.99. The van der Waals surface area contributed by atoms with E-state index in [-0.39, 0.29) is 5.79 Å². The van der Waals surface area contributed by atoms with Crippen LogP contribution < -0.4 is 5.32 Å². The molecule has 3 rings (SSSR count). The zero-order chi connectivity index (χ0) is 13.8. The van der Waals surface area contributed by atoms with Crippen LogP contribution in [0, 0.1) is 0 Å². The van der Waals surface area contributed by atoms with Crippen molar-refractivity contribution < 1.29 is 9.47 Å². The highest BCUT2D eigenvalue weighted by atomic mass is 32.2. The van der Waals surface area contributed by atoms with Gasteiger partial charge < -0.3 is 14.8 Å². The van der Waals surface area contributed by atoms with Gasteiger partial charge in [0.2, 0.25) is 0 Å². The third-order valence-corrected chi connectivity index (χ3v) is 5.27. The maximum atomic E-state index is 5.89. The van der Waals surface area contributed by atoms with Crippen molar-refractivity contribution >= 4 is 11.8 Å². The minimum absolute atomic E-state index is 0.335. The summed E-state index contributed by atoms with van der Waals surface area (Å²) in [6.45, 7) is 4.62. The number of aromatic nitrogens is 1. The van der Waals surface area contributed by atoms with E-state index < -0.39 is 0 Å². The van der Waals surface area contributed by atoms with Gasteiger partial charge in [0.15, 0.2) is 5.79 Å². The van der Waals surface area contributed by atoms with Gasteiger partial charge in [0.1, 0.15) is 0 Å². The van der Waals surface area contributed by atoms with Crippen molar-refractivity contribution in [3.8, 4) is 0 Å². The number of thioether (sulfide) groups is 1. The number of rotatable bonds is 4. The Morgan fingerprint density at radius 3 is 2.95 bits per heavy atom. The first-order valence-electron chi connectivity index (χ1n) is 7.40. The Balaban J connectivity index is 1.71. The van der Waals surface area contributed by atoms with Gasteiger partial charge in [0, 0.05) is 30.3 Å². The second-order valence-corrected chi connectivity index (χ2v) is 6.60. The molecule has 2 unspecified atom stereocenters. The van der Waals surface area contributed by atoms with Crippen molar-refractivity contribution in [3.63, 3.8) is 0 Å². The largest absolute Gasteiger partial charge is 0.347 e. The average molecular weight is 294 g/mol. The van der Waals surface area contributed by atoms with Gasteiger partial charge in [0.25, 0.3) is 0 Å². The molecule has 1 aliphatic carbocycles. The molecule has 1 spiro atoms. The van der Waals surface area contributed by atoms with Crippen LogP contribution >= 0.6 is 11.8 Å². The second-order valence-electron chi connectivity index (χ2n) is 5.34. The van der Waals surface area contributed by atoms with E-state index in [0.29, 0.717) is 11.3 Å². The standard InChI is InChI=1S/C15H22N2O2S/c1-2-16-12-6-7-15(18-9-10-19-15)11-13(12)20-14-5-3-4-8-17-14/h3-5,8,12-13,16H,2,6-7,9-11H2,1H3. The van der Waals surface area contributed by atoms with Crippen LogP contribution in [0.25, 0.3) is 0 Å². The van der Waals surface area contributed by atoms with Crippen molar-refractivity contribution in [2.45, 2.75) is 48.3 Å². The SMILES string of the molecule is CCNC1CCC2(CC1Sc1ccccn1)OCCO2. The molecule has 1 saturated heterocycles. The Morgan fingerprint density at radius 2 is 2.25 bits per heavy atom. The number of hydrogen-bond acceptors (Lipinski definition) is 5. The van der Waals surface area contributed by atoms with Crippen molar-refractivity contribution in [2.24, 2.45) is 0 Å². The monoisotopic (exact) mass is 294 g/mol. The highest BCUT2D eigenvalue weighted by Gasteiger charge is 2.45. The summed E-state index contributed by atoms with van der Waals surface area (Å²) in [5.41, 5.74) is 0. The van der Waals surface area contributed by atoms with Gasteiger partial charge in [-0.2, -0.15) is 0 Å². The molecule has 2 atom stereocenters. The lowest BCUT2D eigenvalue weighted by atomic mass is 9.89. The van der Waals surface area contributed by atoms with Crippen LogP contribution in [0.4, 0.5) is 0 Å². The summed E-state index contributed by atoms with van der Waals surface area (Å²) >= 11 is 1.84. The molecule has 110 valence electrons. The molecule has 4 nitrogen and oxygen atoms in total. The highest BCUT2D eigenvalue weighted by Crippen LogP contribution is 2.42. The van der Waals surface area contributed by atoms with Gasteiger partial charge in [0.05, 0.1) is 18.2 Å². The summed E-state index contributed by atoms with van der Waals surface area (Å²) in [6.07, 6.45) is 4.87. The van der Waals surface area contributed by atoms with E-state index in [1.165, 1.54) is 0 Å². The number of nitrogens with zero attached hydrogens (tertiary/aromatic N) is 1. The maximum Gasteiger partial charge on any atom is 0.169 e. The fourth-order valence-corrected chi connectivity index (χ4v) is 4.39. The van der Waals surface area contributed by atoms with Crippen LogP contribution in [0.15, 0.2) is 29.4 Å². The van der Waals surface area contributed by atoms with E-state index in [1.54, 1.807) is 0 Å². The lowest BCUT2D eigenvalue weighted by Crippen LogP contribution is -2.49. The number of hydrogen-bond donors (Lipinski definition) is 1. The van der Waals surface area contributed by atoms with Gasteiger partial charge in [-0.3, -0.25) is 0 Å². The highest BCUT2D eigenvalue weighted by molar-refractivity contribution is 7.99. The fraction of sp³-hybridized carbons (Fsp3) is 0.667. The first kappa shape index (κ1) is 14.3. The number of pyridine rings is 1. The molecule has 20 heavy (non-hydrogen) atoms. The molecule has 0 radical (unpaired) electrons. The van der Waals surface area contributed by atoms with Gasteiger partial charge in [-0.1, -0.05) is 13.0 Å². The summed E-state index contributed by atoms with van der Waals surface area (Å²) in [5, 5.41) is 5.12. The first-order chi connectivity index (χ1) is 9.81. The molecule has 1 aromatic heterocycles. The lowest BCUT2D eigenvalue weighted by molar-refractivity contribution is -0.178. The summed E-state index contributed by atoms with van der Waals surface area (Å²) < 4.78 is 11.8. The molecule has 5 heteroatoms. The molecule has 0 amide bonds. The van der Waals surface area contributed by atoms with Crippen LogP contribution in [0.3, 0.4) is 0 Å². The molecule has 2 fully saturated rings. The van der Waals surface area contributed by atoms with E-state index in [9.17, 15) is 0 Å². The Labute approximate surface area is 124 Å². The smallest absolute Gasteiger partial charge is 0.169 e. The van der Waals surface area contributed by atoms with E-state index in [2.05, 4.69) is 23.3 Å². The van der Waals surface area contributed by atoms with Gasteiger partial charge in [-0.15, -0.1) is 11.8 Å². The quantitative estimate of drug-likeness (QED) is 0.924. The summed E-state index contributed by atoms with van der Waals surface area (Å²) in [4.78, 5) is 4.44. The lowest BCUT2D eigenvalue weighted by Gasteiger charge is -2.40. The van der Waals surface area contributed by atoms with Gasteiger partial charge >= 0.3 is 0 Å². The van der Waals surface area contributed by atoms with Crippen molar-refractivity contribution in [1.29, 1.82) is 0 Å². The van der Waals surface area contributed by atoms with Crippen LogP contribution in [0.5, 0.6) is 0 Å². The predicted octanol–water partition coefficient (Wildman–Crippen LogP) is 2.45. The van der Waals surface area contributed by atoms with E-state index in [1.807, 2.05) is 30.1 Å². The molecule has 0 bridgehead atoms. The summed E-state index contributed by atoms with van der Waals surface area (Å²) in [7, 11) is 0. The number of nitrogens with one attached hydrogen (secondary N) is 1. The van der Waals surface area contributed by atoms with Crippen LogP contribution in [0.2, 0.25) is 0 Å². The Kier molecular flexibility index (Phi) is 4.61. The van der Waals surface area contributed by atoms with Crippen molar-refractivity contribution in [3.05, 3.63) is 24.4 Å². The minimum atomic E-state index is -0.335. The molecule has 2 aliphatic rings. The maximum absolute atomic E-state index is 5.89. The van der Waals surface area contributed by atoms with Crippen LogP contribution in [-0.4, -0.2) is 41.8 Å². The topological polar surface area (TPSA) is 43.4 Å². The normalized spacial score (nSPS) is 28.9. The number of ether oxygens (including phenoxy) is 2. The van der Waals surface area contributed by atoms with Crippen molar-refractivity contribution in [1.82, 2.24) is 10.3 Å². The molecule has 1 aromatic rings. The zero-order valence-electron chi connectivity index (χ0n) is 11.9. The van der Waals surface area contributed by atoms with E-state index >= 15 is 0 Å². The predicted molar refractivity (Wildman–Crippen MR) is 79.8 cm³/mol. The van der Waals surface area contributed by atoms with E-state index in [4.69, 9.17) is 9.47 Å². The Hall–Kier alpha value is -0.620. The Morgan fingerprint density at radius 1 is 1.40 bits per heavy atom. The summed E-state index contributed by atoms with van der Waals surface area (Å²) in [6, 6.07) is 6.58. The second kappa shape index (κ2) is 6.43. The van der Waals surface area contributed by atoms with Gasteiger partial charge in [-0.25, -0.2) is 4.98 Å². The molecule has 1 N–H and O–H groups in total. The average Bonchev–Trinajstić information content (AvgIpc) is 2.92. The molecule has 1 aliphatic heterocycles. The molecule has 0 aromatic carbocycles. The fourth-order valence-electron chi connectivity index (χ4n) is 3.06. The molecule has 2 heterocycles. The van der Waals surface area contributed by atoms with E-state index in [0.717, 1.165) is 44.0 Å². The molecule has 1 saturated carbocycles.